The Bertz CT molecular complexity index is 499. The van der Waals surface area contributed by atoms with Crippen molar-refractivity contribution in [3.63, 3.8) is 0 Å². The zero-order chi connectivity index (χ0) is 12.3. The molecule has 0 aliphatic carbocycles. The lowest BCUT2D eigenvalue weighted by Crippen LogP contribution is -2.16. The second-order valence-corrected chi connectivity index (χ2v) is 6.74. The zero-order valence-corrected chi connectivity index (χ0v) is 13.3. The first-order valence-electron chi connectivity index (χ1n) is 5.14. The normalized spacial score (nSPS) is 11.1. The highest BCUT2D eigenvalue weighted by Crippen LogP contribution is 2.21. The molecule has 2 rings (SSSR count). The van der Waals surface area contributed by atoms with Gasteiger partial charge in [0.05, 0.1) is 0 Å². The monoisotopic (exact) mass is 374 g/mol. The smallest absolute Gasteiger partial charge is 0.0410 e. The maximum atomic E-state index is 4.17. The summed E-state index contributed by atoms with van der Waals surface area (Å²) in [6, 6.07) is 4.27. The standard InChI is InChI=1S/C12H12Br2N2S/c1-16(7-12-3-11(14)8-17-12)6-9-2-10(13)5-15-4-9/h2-5,8H,6-7H2,1H3. The van der Waals surface area contributed by atoms with Gasteiger partial charge in [0.2, 0.25) is 0 Å². The molecule has 0 bridgehead atoms. The minimum atomic E-state index is 0.905. The van der Waals surface area contributed by atoms with Crippen molar-refractivity contribution >= 4 is 43.2 Å². The summed E-state index contributed by atoms with van der Waals surface area (Å²) in [5, 5.41) is 2.11. The van der Waals surface area contributed by atoms with Crippen LogP contribution in [0.4, 0.5) is 0 Å². The maximum absolute atomic E-state index is 4.17. The molecule has 0 aliphatic heterocycles. The van der Waals surface area contributed by atoms with Gasteiger partial charge in [-0.25, -0.2) is 0 Å². The van der Waals surface area contributed by atoms with Gasteiger partial charge in [-0.2, -0.15) is 0 Å². The third-order valence-corrected chi connectivity index (χ3v) is 4.38. The fourth-order valence-corrected chi connectivity index (χ4v) is 3.56. The minimum Gasteiger partial charge on any atom is -0.297 e. The van der Waals surface area contributed by atoms with Crippen molar-refractivity contribution in [2.24, 2.45) is 0 Å². The zero-order valence-electron chi connectivity index (χ0n) is 9.36. The Hall–Kier alpha value is -0.230. The summed E-state index contributed by atoms with van der Waals surface area (Å²) in [5.74, 6) is 0. The van der Waals surface area contributed by atoms with E-state index >= 15 is 0 Å². The molecule has 90 valence electrons. The summed E-state index contributed by atoms with van der Waals surface area (Å²) in [5.41, 5.74) is 1.22. The largest absolute Gasteiger partial charge is 0.297 e. The van der Waals surface area contributed by atoms with Crippen LogP contribution < -0.4 is 0 Å². The molecule has 0 spiro atoms. The van der Waals surface area contributed by atoms with E-state index < -0.39 is 0 Å². The summed E-state index contributed by atoms with van der Waals surface area (Å²) in [4.78, 5) is 7.81. The Balaban J connectivity index is 1.95. The van der Waals surface area contributed by atoms with Crippen LogP contribution in [0.2, 0.25) is 0 Å². The van der Waals surface area contributed by atoms with E-state index in [4.69, 9.17) is 0 Å². The second-order valence-electron chi connectivity index (χ2n) is 3.91. The molecule has 0 aromatic carbocycles. The molecule has 5 heteroatoms. The summed E-state index contributed by atoms with van der Waals surface area (Å²) < 4.78 is 2.19. The van der Waals surface area contributed by atoms with Crippen molar-refractivity contribution in [1.29, 1.82) is 0 Å². The summed E-state index contributed by atoms with van der Waals surface area (Å²) in [6.07, 6.45) is 3.71. The number of rotatable bonds is 4. The van der Waals surface area contributed by atoms with Crippen LogP contribution >= 0.6 is 43.2 Å². The van der Waals surface area contributed by atoms with E-state index in [9.17, 15) is 0 Å². The first-order chi connectivity index (χ1) is 8.13. The van der Waals surface area contributed by atoms with Gasteiger partial charge in [0, 0.05) is 44.7 Å². The lowest BCUT2D eigenvalue weighted by molar-refractivity contribution is 0.321. The van der Waals surface area contributed by atoms with Crippen molar-refractivity contribution in [2.75, 3.05) is 7.05 Å². The molecule has 0 N–H and O–H groups in total. The van der Waals surface area contributed by atoms with Crippen LogP contribution in [-0.4, -0.2) is 16.9 Å². The number of halogens is 2. The fraction of sp³-hybridized carbons (Fsp3) is 0.250. The predicted octanol–water partition coefficient (Wildman–Crippen LogP) is 4.30. The molecule has 2 nitrogen and oxygen atoms in total. The van der Waals surface area contributed by atoms with Gasteiger partial charge >= 0.3 is 0 Å². The Kier molecular flexibility index (Phi) is 4.73. The second kappa shape index (κ2) is 6.09. The van der Waals surface area contributed by atoms with Gasteiger partial charge in [-0.1, -0.05) is 0 Å². The number of thiophene rings is 1. The predicted molar refractivity (Wildman–Crippen MR) is 79.1 cm³/mol. The van der Waals surface area contributed by atoms with Crippen LogP contribution in [0.1, 0.15) is 10.4 Å². The van der Waals surface area contributed by atoms with Gasteiger partial charge in [-0.15, -0.1) is 11.3 Å². The molecular weight excluding hydrogens is 364 g/mol. The minimum absolute atomic E-state index is 0.905. The Morgan fingerprint density at radius 1 is 1.18 bits per heavy atom. The van der Waals surface area contributed by atoms with Crippen molar-refractivity contribution in [3.05, 3.63) is 49.3 Å². The molecular formula is C12H12Br2N2S. The number of aromatic nitrogens is 1. The average Bonchev–Trinajstić information content (AvgIpc) is 2.63. The molecule has 17 heavy (non-hydrogen) atoms. The molecule has 2 heterocycles. The number of pyridine rings is 1. The highest BCUT2D eigenvalue weighted by molar-refractivity contribution is 9.10. The van der Waals surface area contributed by atoms with Crippen LogP contribution in [0.3, 0.4) is 0 Å². The number of hydrogen-bond donors (Lipinski definition) is 0. The summed E-state index contributed by atoms with van der Waals surface area (Å²) in [7, 11) is 2.12. The quantitative estimate of drug-likeness (QED) is 0.791. The molecule has 0 radical (unpaired) electrons. The van der Waals surface area contributed by atoms with Gasteiger partial charge < -0.3 is 0 Å². The topological polar surface area (TPSA) is 16.1 Å². The van der Waals surface area contributed by atoms with Crippen molar-refractivity contribution < 1.29 is 0 Å². The van der Waals surface area contributed by atoms with Crippen LogP contribution in [-0.2, 0) is 13.1 Å². The van der Waals surface area contributed by atoms with Crippen LogP contribution in [0.15, 0.2) is 38.9 Å². The molecule has 0 atom stereocenters. The van der Waals surface area contributed by atoms with Crippen LogP contribution in [0, 0.1) is 0 Å². The van der Waals surface area contributed by atoms with Gasteiger partial charge in [0.15, 0.2) is 0 Å². The van der Waals surface area contributed by atoms with E-state index in [0.29, 0.717) is 0 Å². The maximum Gasteiger partial charge on any atom is 0.0410 e. The third kappa shape index (κ3) is 4.17. The molecule has 0 saturated carbocycles. The van der Waals surface area contributed by atoms with E-state index in [1.165, 1.54) is 10.4 Å². The van der Waals surface area contributed by atoms with Crippen molar-refractivity contribution in [1.82, 2.24) is 9.88 Å². The summed E-state index contributed by atoms with van der Waals surface area (Å²) >= 11 is 8.69. The van der Waals surface area contributed by atoms with Gasteiger partial charge in [-0.05, 0) is 56.6 Å². The van der Waals surface area contributed by atoms with Gasteiger partial charge in [-0.3, -0.25) is 9.88 Å². The van der Waals surface area contributed by atoms with E-state index in [1.54, 1.807) is 17.5 Å². The van der Waals surface area contributed by atoms with E-state index in [2.05, 4.69) is 66.3 Å². The molecule has 0 unspecified atom stereocenters. The molecule has 2 aromatic heterocycles. The van der Waals surface area contributed by atoms with Gasteiger partial charge in [0.25, 0.3) is 0 Å². The Labute approximate surface area is 122 Å². The third-order valence-electron chi connectivity index (χ3n) is 2.26. The number of nitrogens with zero attached hydrogens (tertiary/aromatic N) is 2. The van der Waals surface area contributed by atoms with Gasteiger partial charge in [0.1, 0.15) is 0 Å². The molecule has 2 aromatic rings. The lowest BCUT2D eigenvalue weighted by atomic mass is 10.2. The first kappa shape index (κ1) is 13.2. The number of hydrogen-bond acceptors (Lipinski definition) is 3. The highest BCUT2D eigenvalue weighted by atomic mass is 79.9. The molecule has 0 aliphatic rings. The molecule has 0 saturated heterocycles. The van der Waals surface area contributed by atoms with Crippen LogP contribution in [0.5, 0.6) is 0 Å². The van der Waals surface area contributed by atoms with Crippen molar-refractivity contribution in [3.8, 4) is 0 Å². The SMILES string of the molecule is CN(Cc1cncc(Br)c1)Cc1cc(Br)cs1. The van der Waals surface area contributed by atoms with E-state index in [0.717, 1.165) is 22.0 Å². The first-order valence-corrected chi connectivity index (χ1v) is 7.61. The van der Waals surface area contributed by atoms with Crippen LogP contribution in [0.25, 0.3) is 0 Å². The van der Waals surface area contributed by atoms with E-state index in [-0.39, 0.29) is 0 Å². The lowest BCUT2D eigenvalue weighted by Gasteiger charge is -2.15. The average molecular weight is 376 g/mol. The Morgan fingerprint density at radius 2 is 2.00 bits per heavy atom. The highest BCUT2D eigenvalue weighted by Gasteiger charge is 2.04. The molecule has 0 fully saturated rings. The summed E-state index contributed by atoms with van der Waals surface area (Å²) in [6.45, 7) is 1.87. The molecule has 0 amide bonds. The fourth-order valence-electron chi connectivity index (χ4n) is 1.61. The van der Waals surface area contributed by atoms with Crippen molar-refractivity contribution in [2.45, 2.75) is 13.1 Å². The Morgan fingerprint density at radius 3 is 2.65 bits per heavy atom. The van der Waals surface area contributed by atoms with E-state index in [1.807, 2.05) is 6.20 Å².